The van der Waals surface area contributed by atoms with Crippen molar-refractivity contribution in [2.24, 2.45) is 0 Å². The molecule has 0 unspecified atom stereocenters. The highest BCUT2D eigenvalue weighted by Crippen LogP contribution is 2.34. The van der Waals surface area contributed by atoms with E-state index in [1.54, 1.807) is 52.8 Å². The molecule has 32 heavy (non-hydrogen) atoms. The average Bonchev–Trinajstić information content (AvgIpc) is 2.94. The molecule has 1 heterocycles. The van der Waals surface area contributed by atoms with Crippen molar-refractivity contribution in [3.05, 3.63) is 28.7 Å². The molecule has 2 rings (SSSR count). The van der Waals surface area contributed by atoms with Crippen molar-refractivity contribution < 1.29 is 38.1 Å². The number of esters is 2. The first kappa shape index (κ1) is 25.3. The second-order valence-corrected chi connectivity index (χ2v) is 8.58. The van der Waals surface area contributed by atoms with Gasteiger partial charge in [0.2, 0.25) is 0 Å². The number of rotatable bonds is 9. The van der Waals surface area contributed by atoms with Crippen molar-refractivity contribution in [2.45, 2.75) is 40.2 Å². The minimum absolute atomic E-state index is 0.168. The third-order valence-corrected chi connectivity index (χ3v) is 4.70. The summed E-state index contributed by atoms with van der Waals surface area (Å²) in [5.74, 6) is -1.03. The molecular weight excluding hydrogens is 438 g/mol. The molecule has 0 aromatic heterocycles. The fraction of sp³-hybridized carbons (Fsp3) is 0.455. The minimum Gasteiger partial charge on any atom is -0.490 e. The Morgan fingerprint density at radius 1 is 1.03 bits per heavy atom. The molecule has 10 heteroatoms. The molecule has 2 amide bonds. The number of imide groups is 1. The van der Waals surface area contributed by atoms with Crippen LogP contribution in [0.4, 0.5) is 4.79 Å². The summed E-state index contributed by atoms with van der Waals surface area (Å²) in [5, 5.41) is -0.550. The molecule has 1 saturated heterocycles. The quantitative estimate of drug-likeness (QED) is 0.400. The monoisotopic (exact) mass is 465 g/mol. The molecule has 0 bridgehead atoms. The van der Waals surface area contributed by atoms with Crippen molar-refractivity contribution >= 4 is 40.9 Å². The summed E-state index contributed by atoms with van der Waals surface area (Å²) < 4.78 is 21.0. The zero-order valence-corrected chi connectivity index (χ0v) is 19.6. The molecule has 1 aromatic rings. The fourth-order valence-corrected chi connectivity index (χ4v) is 3.47. The lowest BCUT2D eigenvalue weighted by Crippen LogP contribution is -2.37. The van der Waals surface area contributed by atoms with Crippen LogP contribution in [0.3, 0.4) is 0 Å². The zero-order chi connectivity index (χ0) is 23.9. The topological polar surface area (TPSA) is 108 Å². The van der Waals surface area contributed by atoms with E-state index in [0.717, 1.165) is 16.7 Å². The molecular formula is C22H27NO8S. The Kier molecular flexibility index (Phi) is 8.71. The largest absolute Gasteiger partial charge is 0.490 e. The Bertz CT molecular complexity index is 919. The predicted molar refractivity (Wildman–Crippen MR) is 118 cm³/mol. The highest BCUT2D eigenvalue weighted by atomic mass is 32.2. The highest BCUT2D eigenvalue weighted by molar-refractivity contribution is 8.18. The van der Waals surface area contributed by atoms with E-state index in [0.29, 0.717) is 23.7 Å². The summed E-state index contributed by atoms with van der Waals surface area (Å²) in [7, 11) is 0. The molecule has 0 spiro atoms. The van der Waals surface area contributed by atoms with Gasteiger partial charge in [-0.2, -0.15) is 0 Å². The summed E-state index contributed by atoms with van der Waals surface area (Å²) in [5.41, 5.74) is -0.138. The number of carbonyl (C=O) groups is 4. The molecule has 1 aliphatic rings. The van der Waals surface area contributed by atoms with Gasteiger partial charge in [-0.15, -0.1) is 0 Å². The molecule has 0 radical (unpaired) electrons. The van der Waals surface area contributed by atoms with Crippen LogP contribution in [-0.4, -0.2) is 60.0 Å². The Balaban J connectivity index is 2.15. The second-order valence-electron chi connectivity index (χ2n) is 7.59. The Morgan fingerprint density at radius 3 is 2.38 bits per heavy atom. The third kappa shape index (κ3) is 7.30. The van der Waals surface area contributed by atoms with E-state index in [1.165, 1.54) is 6.08 Å². The van der Waals surface area contributed by atoms with Crippen LogP contribution in [0, 0.1) is 0 Å². The predicted octanol–water partition coefficient (Wildman–Crippen LogP) is 3.41. The Hall–Kier alpha value is -3.01. The van der Waals surface area contributed by atoms with Crippen LogP contribution in [0.25, 0.3) is 6.08 Å². The molecule has 0 saturated carbocycles. The summed E-state index contributed by atoms with van der Waals surface area (Å²) >= 11 is 0.737. The molecule has 0 atom stereocenters. The van der Waals surface area contributed by atoms with Crippen LogP contribution in [0.5, 0.6) is 11.5 Å². The van der Waals surface area contributed by atoms with Crippen molar-refractivity contribution in [1.82, 2.24) is 4.90 Å². The van der Waals surface area contributed by atoms with Gasteiger partial charge in [0.1, 0.15) is 12.1 Å². The van der Waals surface area contributed by atoms with Gasteiger partial charge in [0.05, 0.1) is 18.1 Å². The van der Waals surface area contributed by atoms with Crippen LogP contribution >= 0.6 is 11.8 Å². The van der Waals surface area contributed by atoms with Crippen molar-refractivity contribution in [2.75, 3.05) is 26.4 Å². The maximum Gasteiger partial charge on any atom is 0.344 e. The van der Waals surface area contributed by atoms with Crippen molar-refractivity contribution in [1.29, 1.82) is 0 Å². The van der Waals surface area contributed by atoms with Gasteiger partial charge in [-0.1, -0.05) is 6.07 Å². The number of ether oxygens (including phenoxy) is 4. The molecule has 0 aliphatic carbocycles. The number of nitrogens with zero attached hydrogens (tertiary/aromatic N) is 1. The number of amides is 2. The first-order chi connectivity index (χ1) is 15.0. The van der Waals surface area contributed by atoms with Gasteiger partial charge < -0.3 is 18.9 Å². The molecule has 1 aliphatic heterocycles. The maximum atomic E-state index is 12.6. The smallest absolute Gasteiger partial charge is 0.344 e. The van der Waals surface area contributed by atoms with Crippen LogP contribution in [0.2, 0.25) is 0 Å². The normalized spacial score (nSPS) is 15.2. The zero-order valence-electron chi connectivity index (χ0n) is 18.8. The first-order valence-electron chi connectivity index (χ1n) is 10.1. The van der Waals surface area contributed by atoms with Gasteiger partial charge >= 0.3 is 11.9 Å². The van der Waals surface area contributed by atoms with E-state index in [9.17, 15) is 19.2 Å². The number of benzene rings is 1. The van der Waals surface area contributed by atoms with Gasteiger partial charge in [-0.25, -0.2) is 4.79 Å². The first-order valence-corrected chi connectivity index (χ1v) is 10.9. The molecule has 1 aromatic carbocycles. The van der Waals surface area contributed by atoms with Crippen LogP contribution in [0.1, 0.15) is 40.2 Å². The SMILES string of the molecule is CCOC(=O)COc1ccc(C=C2SC(=O)N(CC(=O)OC(C)(C)C)C2=O)cc1OCC. The number of hydrogen-bond acceptors (Lipinski definition) is 9. The van der Waals surface area contributed by atoms with E-state index in [1.807, 2.05) is 0 Å². The second kappa shape index (κ2) is 11.0. The summed E-state index contributed by atoms with van der Waals surface area (Å²) in [6, 6.07) is 4.89. The van der Waals surface area contributed by atoms with E-state index >= 15 is 0 Å². The number of hydrogen-bond donors (Lipinski definition) is 0. The third-order valence-electron chi connectivity index (χ3n) is 3.80. The number of thioether (sulfide) groups is 1. The molecule has 1 fully saturated rings. The average molecular weight is 466 g/mol. The standard InChI is InChI=1S/C22H27NO8S/c1-6-28-16-10-14(8-9-15(16)30-13-19(25)29-7-2)11-17-20(26)23(21(27)32-17)12-18(24)31-22(3,4)5/h8-11H,6-7,12-13H2,1-5H3. The summed E-state index contributed by atoms with van der Waals surface area (Å²) in [4.78, 5) is 49.4. The van der Waals surface area contributed by atoms with Gasteiger partial charge in [0, 0.05) is 0 Å². The minimum atomic E-state index is -0.721. The van der Waals surface area contributed by atoms with Gasteiger partial charge in [-0.05, 0) is 70.2 Å². The highest BCUT2D eigenvalue weighted by Gasteiger charge is 2.37. The molecule has 0 N–H and O–H groups in total. The van der Waals surface area contributed by atoms with Crippen molar-refractivity contribution in [3.8, 4) is 11.5 Å². The Labute approximate surface area is 191 Å². The number of carbonyl (C=O) groups excluding carboxylic acids is 4. The molecule has 174 valence electrons. The summed E-state index contributed by atoms with van der Waals surface area (Å²) in [6.45, 7) is 8.49. The lowest BCUT2D eigenvalue weighted by Gasteiger charge is -2.21. The van der Waals surface area contributed by atoms with E-state index in [-0.39, 0.29) is 18.1 Å². The summed E-state index contributed by atoms with van der Waals surface area (Å²) in [6.07, 6.45) is 1.53. The van der Waals surface area contributed by atoms with E-state index in [4.69, 9.17) is 18.9 Å². The van der Waals surface area contributed by atoms with Crippen molar-refractivity contribution in [3.63, 3.8) is 0 Å². The van der Waals surface area contributed by atoms with Gasteiger partial charge in [0.15, 0.2) is 18.1 Å². The van der Waals surface area contributed by atoms with Gasteiger partial charge in [0.25, 0.3) is 11.1 Å². The van der Waals surface area contributed by atoms with Gasteiger partial charge in [-0.3, -0.25) is 19.3 Å². The Morgan fingerprint density at radius 2 is 1.75 bits per heavy atom. The fourth-order valence-electron chi connectivity index (χ4n) is 2.63. The van der Waals surface area contributed by atoms with Crippen LogP contribution < -0.4 is 9.47 Å². The van der Waals surface area contributed by atoms with Crippen LogP contribution in [-0.2, 0) is 23.9 Å². The van der Waals surface area contributed by atoms with E-state index in [2.05, 4.69) is 0 Å². The lowest BCUT2D eigenvalue weighted by atomic mass is 10.2. The lowest BCUT2D eigenvalue weighted by molar-refractivity contribution is -0.156. The molecule has 9 nitrogen and oxygen atoms in total. The van der Waals surface area contributed by atoms with Crippen LogP contribution in [0.15, 0.2) is 23.1 Å². The maximum absolute atomic E-state index is 12.6. The van der Waals surface area contributed by atoms with E-state index < -0.39 is 35.2 Å².